The smallest absolute Gasteiger partial charge is 0.179 e. The summed E-state index contributed by atoms with van der Waals surface area (Å²) in [4.78, 5) is 8.46. The maximum Gasteiger partial charge on any atom is 0.179 e. The number of nitrogens with one attached hydrogen (secondary N) is 2. The van der Waals surface area contributed by atoms with Crippen LogP contribution in [0.3, 0.4) is 0 Å². The monoisotopic (exact) mass is 357 g/mol. The van der Waals surface area contributed by atoms with Crippen molar-refractivity contribution in [2.75, 3.05) is 16.4 Å². The molecule has 4 aromatic rings. The predicted octanol–water partition coefficient (Wildman–Crippen LogP) is 3.69. The van der Waals surface area contributed by atoms with Crippen LogP contribution in [-0.4, -0.2) is 25.6 Å². The summed E-state index contributed by atoms with van der Waals surface area (Å²) >= 11 is 0. The number of nitrogens with zero attached hydrogens (tertiary/aromatic N) is 4. The highest BCUT2D eigenvalue weighted by atomic mass is 15.3. The van der Waals surface area contributed by atoms with Crippen molar-refractivity contribution in [1.82, 2.24) is 19.6 Å². The fraction of sp³-hybridized carbons (Fsp3) is 0.150. The number of hydrogen-bond acceptors (Lipinski definition) is 6. The second-order valence-electron chi connectivity index (χ2n) is 6.72. The van der Waals surface area contributed by atoms with E-state index < -0.39 is 0 Å². The summed E-state index contributed by atoms with van der Waals surface area (Å²) in [5.41, 5.74) is 10.9. The fourth-order valence-electron chi connectivity index (χ4n) is 3.07. The Morgan fingerprint density at radius 1 is 1.04 bits per heavy atom. The van der Waals surface area contributed by atoms with Crippen LogP contribution in [0.5, 0.6) is 0 Å². The lowest BCUT2D eigenvalue weighted by atomic mass is 10.1. The molecule has 0 spiro atoms. The van der Waals surface area contributed by atoms with E-state index in [0.29, 0.717) is 17.7 Å². The van der Waals surface area contributed by atoms with Crippen molar-refractivity contribution in [2.45, 2.75) is 18.9 Å². The number of nitrogen functional groups attached to an aromatic ring is 1. The van der Waals surface area contributed by atoms with Gasteiger partial charge < -0.3 is 16.4 Å². The van der Waals surface area contributed by atoms with Gasteiger partial charge in [-0.3, -0.25) is 4.98 Å². The SMILES string of the molecule is Nc1cnc2c(NC3CC3)cc(Nc3cccc(-c4ccncc4)c3)nn12. The van der Waals surface area contributed by atoms with E-state index in [1.54, 1.807) is 23.1 Å². The number of benzene rings is 1. The lowest BCUT2D eigenvalue weighted by Gasteiger charge is -2.12. The molecule has 1 aromatic carbocycles. The average molecular weight is 357 g/mol. The Morgan fingerprint density at radius 3 is 2.70 bits per heavy atom. The largest absolute Gasteiger partial charge is 0.382 e. The molecule has 5 rings (SSSR count). The van der Waals surface area contributed by atoms with Crippen molar-refractivity contribution in [3.05, 3.63) is 61.1 Å². The summed E-state index contributed by atoms with van der Waals surface area (Å²) < 4.78 is 1.67. The van der Waals surface area contributed by atoms with Gasteiger partial charge in [-0.15, -0.1) is 5.10 Å². The van der Waals surface area contributed by atoms with Gasteiger partial charge in [-0.1, -0.05) is 12.1 Å². The molecule has 0 radical (unpaired) electrons. The van der Waals surface area contributed by atoms with Gasteiger partial charge in [0.15, 0.2) is 11.5 Å². The third-order valence-corrected chi connectivity index (χ3v) is 4.58. The molecule has 1 fully saturated rings. The number of anilines is 4. The maximum atomic E-state index is 6.03. The Balaban J connectivity index is 1.50. The number of pyridine rings is 1. The summed E-state index contributed by atoms with van der Waals surface area (Å²) in [6, 6.07) is 14.7. The molecule has 27 heavy (non-hydrogen) atoms. The maximum absolute atomic E-state index is 6.03. The van der Waals surface area contributed by atoms with E-state index in [1.165, 1.54) is 12.8 Å². The van der Waals surface area contributed by atoms with Gasteiger partial charge in [0.25, 0.3) is 0 Å². The molecular weight excluding hydrogens is 338 g/mol. The molecule has 0 saturated heterocycles. The number of fused-ring (bicyclic) bond motifs is 1. The van der Waals surface area contributed by atoms with E-state index in [0.717, 1.165) is 28.1 Å². The average Bonchev–Trinajstić information content (AvgIpc) is 3.44. The normalized spacial score (nSPS) is 13.6. The number of hydrogen-bond donors (Lipinski definition) is 3. The third kappa shape index (κ3) is 3.15. The minimum absolute atomic E-state index is 0.511. The first-order chi connectivity index (χ1) is 13.3. The highest BCUT2D eigenvalue weighted by Crippen LogP contribution is 2.30. The second kappa shape index (κ2) is 6.28. The molecule has 0 bridgehead atoms. The van der Waals surface area contributed by atoms with E-state index in [-0.39, 0.29) is 0 Å². The van der Waals surface area contributed by atoms with Crippen molar-refractivity contribution in [3.8, 4) is 11.1 Å². The van der Waals surface area contributed by atoms with Crippen LogP contribution in [0.25, 0.3) is 16.8 Å². The van der Waals surface area contributed by atoms with Gasteiger partial charge in [0.2, 0.25) is 0 Å². The van der Waals surface area contributed by atoms with E-state index in [4.69, 9.17) is 5.73 Å². The Labute approximate surface area is 156 Å². The number of rotatable bonds is 5. The summed E-state index contributed by atoms with van der Waals surface area (Å²) in [7, 11) is 0. The molecule has 7 nitrogen and oxygen atoms in total. The first-order valence-electron chi connectivity index (χ1n) is 8.94. The van der Waals surface area contributed by atoms with Crippen LogP contribution in [0, 0.1) is 0 Å². The summed E-state index contributed by atoms with van der Waals surface area (Å²) in [5.74, 6) is 1.22. The molecule has 134 valence electrons. The minimum atomic E-state index is 0.511. The molecule has 4 N–H and O–H groups in total. The van der Waals surface area contributed by atoms with Crippen LogP contribution in [0.2, 0.25) is 0 Å². The quantitative estimate of drug-likeness (QED) is 0.504. The Bertz CT molecular complexity index is 1100. The van der Waals surface area contributed by atoms with Gasteiger partial charge in [-0.05, 0) is 48.2 Å². The molecular formula is C20H19N7. The molecule has 0 amide bonds. The van der Waals surface area contributed by atoms with Gasteiger partial charge >= 0.3 is 0 Å². The summed E-state index contributed by atoms with van der Waals surface area (Å²) in [6.45, 7) is 0. The minimum Gasteiger partial charge on any atom is -0.382 e. The van der Waals surface area contributed by atoms with E-state index in [9.17, 15) is 0 Å². The molecule has 7 heteroatoms. The van der Waals surface area contributed by atoms with Crippen molar-refractivity contribution in [3.63, 3.8) is 0 Å². The second-order valence-corrected chi connectivity index (χ2v) is 6.72. The highest BCUT2D eigenvalue weighted by molar-refractivity contribution is 5.75. The van der Waals surface area contributed by atoms with E-state index in [2.05, 4.69) is 37.8 Å². The zero-order valence-electron chi connectivity index (χ0n) is 14.6. The zero-order valence-corrected chi connectivity index (χ0v) is 14.6. The van der Waals surface area contributed by atoms with Crippen molar-refractivity contribution >= 4 is 28.7 Å². The lowest BCUT2D eigenvalue weighted by molar-refractivity contribution is 0.949. The first-order valence-corrected chi connectivity index (χ1v) is 8.94. The lowest BCUT2D eigenvalue weighted by Crippen LogP contribution is -2.08. The molecule has 3 aromatic heterocycles. The first kappa shape index (κ1) is 15.6. The molecule has 3 heterocycles. The van der Waals surface area contributed by atoms with Crippen molar-refractivity contribution in [1.29, 1.82) is 0 Å². The van der Waals surface area contributed by atoms with Gasteiger partial charge in [0, 0.05) is 30.2 Å². The van der Waals surface area contributed by atoms with Crippen LogP contribution in [0.4, 0.5) is 23.0 Å². The summed E-state index contributed by atoms with van der Waals surface area (Å²) in [6.07, 6.45) is 7.59. The van der Waals surface area contributed by atoms with Crippen LogP contribution in [0.15, 0.2) is 61.1 Å². The fourth-order valence-corrected chi connectivity index (χ4v) is 3.07. The summed E-state index contributed by atoms with van der Waals surface area (Å²) in [5, 5.41) is 11.5. The van der Waals surface area contributed by atoms with Crippen LogP contribution < -0.4 is 16.4 Å². The molecule has 1 aliphatic rings. The Hall–Kier alpha value is -3.61. The number of imidazole rings is 1. The van der Waals surface area contributed by atoms with E-state index >= 15 is 0 Å². The molecule has 0 atom stereocenters. The zero-order chi connectivity index (χ0) is 18.2. The van der Waals surface area contributed by atoms with Gasteiger partial charge in [0.05, 0.1) is 11.9 Å². The Kier molecular flexibility index (Phi) is 3.64. The van der Waals surface area contributed by atoms with Gasteiger partial charge in [-0.25, -0.2) is 4.98 Å². The Morgan fingerprint density at radius 2 is 1.89 bits per heavy atom. The standard InChI is InChI=1S/C20H19N7/c21-18-12-23-20-17(24-15-4-5-15)11-19(26-27(18)20)25-16-3-1-2-14(10-16)13-6-8-22-9-7-13/h1-3,6-12,15,24H,4-5,21H2,(H,25,26). The van der Waals surface area contributed by atoms with Crippen molar-refractivity contribution in [2.24, 2.45) is 0 Å². The number of nitrogens with two attached hydrogens (primary N) is 1. The molecule has 1 saturated carbocycles. The number of aromatic nitrogens is 4. The third-order valence-electron chi connectivity index (χ3n) is 4.58. The topological polar surface area (TPSA) is 93.2 Å². The highest BCUT2D eigenvalue weighted by Gasteiger charge is 2.23. The molecule has 1 aliphatic carbocycles. The molecule has 0 unspecified atom stereocenters. The molecule has 0 aliphatic heterocycles. The van der Waals surface area contributed by atoms with Crippen molar-refractivity contribution < 1.29 is 0 Å². The van der Waals surface area contributed by atoms with Crippen LogP contribution in [-0.2, 0) is 0 Å². The van der Waals surface area contributed by atoms with Gasteiger partial charge in [0.1, 0.15) is 5.82 Å². The van der Waals surface area contributed by atoms with Gasteiger partial charge in [-0.2, -0.15) is 4.52 Å². The van der Waals surface area contributed by atoms with Crippen LogP contribution >= 0.6 is 0 Å². The van der Waals surface area contributed by atoms with E-state index in [1.807, 2.05) is 30.3 Å². The van der Waals surface area contributed by atoms with Crippen LogP contribution in [0.1, 0.15) is 12.8 Å². The predicted molar refractivity (Wildman–Crippen MR) is 107 cm³/mol.